The Hall–Kier alpha value is -2.86. The minimum absolute atomic E-state index is 0.0396. The smallest absolute Gasteiger partial charge is 0.387 e. The minimum Gasteiger partial charge on any atom is -0.489 e. The normalized spacial score (nSPS) is 13.5. The van der Waals surface area contributed by atoms with Crippen molar-refractivity contribution in [2.75, 3.05) is 0 Å². The third-order valence-corrected chi connectivity index (χ3v) is 5.03. The highest BCUT2D eigenvalue weighted by Crippen LogP contribution is 2.45. The highest BCUT2D eigenvalue weighted by molar-refractivity contribution is 6.32. The number of nitrogens with zero attached hydrogens (tertiary/aromatic N) is 1. The van der Waals surface area contributed by atoms with Crippen LogP contribution in [0.3, 0.4) is 0 Å². The van der Waals surface area contributed by atoms with Crippen LogP contribution in [0.2, 0.25) is 5.02 Å². The summed E-state index contributed by atoms with van der Waals surface area (Å²) in [6.45, 7) is 0.939. The van der Waals surface area contributed by atoms with Crippen LogP contribution in [0.25, 0.3) is 17.3 Å². The molecule has 0 atom stereocenters. The van der Waals surface area contributed by atoms with Crippen molar-refractivity contribution in [2.45, 2.75) is 32.0 Å². The second-order valence-corrected chi connectivity index (χ2v) is 7.11. The fraction of sp³-hybridized carbons (Fsp3) is 0.227. The number of alkyl halides is 2. The van der Waals surface area contributed by atoms with Crippen LogP contribution in [0.15, 0.2) is 53.6 Å². The van der Waals surface area contributed by atoms with Crippen LogP contribution in [0.4, 0.5) is 8.78 Å². The summed E-state index contributed by atoms with van der Waals surface area (Å²) >= 11 is 6.21. The van der Waals surface area contributed by atoms with Crippen LogP contribution in [0.5, 0.6) is 11.5 Å². The van der Waals surface area contributed by atoms with E-state index in [2.05, 4.69) is 16.5 Å². The van der Waals surface area contributed by atoms with E-state index in [-0.39, 0.29) is 18.3 Å². The van der Waals surface area contributed by atoms with Crippen LogP contribution in [0, 0.1) is 0 Å². The molecule has 3 aromatic rings. The number of para-hydroxylation sites is 1. The number of benzene rings is 2. The maximum atomic E-state index is 12.8. The summed E-state index contributed by atoms with van der Waals surface area (Å²) in [7, 11) is 0. The molecular weight excluding hydrogens is 400 g/mol. The molecule has 2 aromatic carbocycles. The zero-order valence-electron chi connectivity index (χ0n) is 15.4. The molecule has 4 rings (SSSR count). The van der Waals surface area contributed by atoms with Crippen molar-refractivity contribution in [3.8, 4) is 22.8 Å². The molecule has 150 valence electrons. The molecule has 0 amide bonds. The third-order valence-electron chi connectivity index (χ3n) is 4.70. The number of ether oxygens (including phenoxy) is 2. The quantitative estimate of drug-likeness (QED) is 0.409. The van der Waals surface area contributed by atoms with Gasteiger partial charge in [-0.25, -0.2) is 0 Å². The number of rotatable bonds is 8. The molecule has 29 heavy (non-hydrogen) atoms. The van der Waals surface area contributed by atoms with E-state index in [1.165, 1.54) is 6.07 Å². The van der Waals surface area contributed by atoms with Crippen molar-refractivity contribution in [2.24, 2.45) is 0 Å². The average Bonchev–Trinajstić information content (AvgIpc) is 3.46. The Balaban J connectivity index is 1.66. The van der Waals surface area contributed by atoms with Gasteiger partial charge in [0.2, 0.25) is 0 Å². The van der Waals surface area contributed by atoms with Crippen LogP contribution < -0.4 is 9.47 Å². The van der Waals surface area contributed by atoms with Gasteiger partial charge in [-0.2, -0.15) is 8.78 Å². The molecule has 0 aliphatic heterocycles. The van der Waals surface area contributed by atoms with Gasteiger partial charge in [-0.3, -0.25) is 0 Å². The summed E-state index contributed by atoms with van der Waals surface area (Å²) in [4.78, 5) is 0. The molecule has 0 spiro atoms. The standard InChI is InChI=1S/C22H18ClF2NO3/c1-2-13-9-10-15(11-18(13)23)27-12-17-20(26-29-21(17)14-7-8-14)16-5-3-4-6-19(16)28-22(24)25/h2-6,9-11,14,22H,1,7-8,12H2. The zero-order valence-corrected chi connectivity index (χ0v) is 16.2. The summed E-state index contributed by atoms with van der Waals surface area (Å²) in [6.07, 6.45) is 3.66. The Morgan fingerprint density at radius 3 is 2.72 bits per heavy atom. The van der Waals surface area contributed by atoms with E-state index in [4.69, 9.17) is 20.9 Å². The lowest BCUT2D eigenvalue weighted by Gasteiger charge is -2.11. The van der Waals surface area contributed by atoms with Crippen LogP contribution in [-0.2, 0) is 6.61 Å². The number of aromatic nitrogens is 1. The van der Waals surface area contributed by atoms with E-state index in [1.54, 1.807) is 36.4 Å². The van der Waals surface area contributed by atoms with Gasteiger partial charge in [0, 0.05) is 11.5 Å². The van der Waals surface area contributed by atoms with E-state index < -0.39 is 6.61 Å². The average molecular weight is 418 g/mol. The van der Waals surface area contributed by atoms with Gasteiger partial charge < -0.3 is 14.0 Å². The first-order valence-corrected chi connectivity index (χ1v) is 9.52. The fourth-order valence-corrected chi connectivity index (χ4v) is 3.37. The summed E-state index contributed by atoms with van der Waals surface area (Å²) < 4.78 is 41.8. The Labute approximate surface area is 171 Å². The second kappa shape index (κ2) is 8.25. The molecule has 0 radical (unpaired) electrons. The van der Waals surface area contributed by atoms with Crippen molar-refractivity contribution < 1.29 is 22.8 Å². The molecule has 0 saturated heterocycles. The molecule has 7 heteroatoms. The topological polar surface area (TPSA) is 44.5 Å². The maximum Gasteiger partial charge on any atom is 0.387 e. The highest BCUT2D eigenvalue weighted by Gasteiger charge is 2.33. The van der Waals surface area contributed by atoms with E-state index in [0.717, 1.165) is 29.7 Å². The summed E-state index contributed by atoms with van der Waals surface area (Å²) in [5.41, 5.74) is 2.40. The first-order chi connectivity index (χ1) is 14.1. The Kier molecular flexibility index (Phi) is 5.53. The molecule has 1 heterocycles. The fourth-order valence-electron chi connectivity index (χ4n) is 3.12. The molecule has 0 N–H and O–H groups in total. The predicted octanol–water partition coefficient (Wildman–Crippen LogP) is 6.70. The molecule has 4 nitrogen and oxygen atoms in total. The van der Waals surface area contributed by atoms with Crippen LogP contribution in [-0.4, -0.2) is 11.8 Å². The van der Waals surface area contributed by atoms with E-state index in [9.17, 15) is 8.78 Å². The monoisotopic (exact) mass is 417 g/mol. The SMILES string of the molecule is C=Cc1ccc(OCc2c(-c3ccccc3OC(F)F)noc2C2CC2)cc1Cl. The van der Waals surface area contributed by atoms with Gasteiger partial charge in [0.25, 0.3) is 0 Å². The van der Waals surface area contributed by atoms with E-state index in [1.807, 2.05) is 6.07 Å². The van der Waals surface area contributed by atoms with Crippen molar-refractivity contribution in [3.63, 3.8) is 0 Å². The Morgan fingerprint density at radius 2 is 2.03 bits per heavy atom. The first-order valence-electron chi connectivity index (χ1n) is 9.14. The van der Waals surface area contributed by atoms with Crippen molar-refractivity contribution in [3.05, 3.63) is 71.0 Å². The predicted molar refractivity (Wildman–Crippen MR) is 106 cm³/mol. The number of hydrogen-bond donors (Lipinski definition) is 0. The highest BCUT2D eigenvalue weighted by atomic mass is 35.5. The second-order valence-electron chi connectivity index (χ2n) is 6.70. The summed E-state index contributed by atoms with van der Waals surface area (Å²) in [5.74, 6) is 1.61. The van der Waals surface area contributed by atoms with Gasteiger partial charge >= 0.3 is 6.61 Å². The lowest BCUT2D eigenvalue weighted by molar-refractivity contribution is -0.0494. The molecule has 1 fully saturated rings. The largest absolute Gasteiger partial charge is 0.489 e. The maximum absolute atomic E-state index is 12.8. The van der Waals surface area contributed by atoms with Gasteiger partial charge in [-0.1, -0.05) is 41.5 Å². The molecular formula is C22H18ClF2NO3. The lowest BCUT2D eigenvalue weighted by Crippen LogP contribution is -2.04. The number of halogens is 3. The van der Waals surface area contributed by atoms with Gasteiger partial charge in [-0.15, -0.1) is 0 Å². The van der Waals surface area contributed by atoms with E-state index >= 15 is 0 Å². The number of hydrogen-bond acceptors (Lipinski definition) is 4. The van der Waals surface area contributed by atoms with E-state index in [0.29, 0.717) is 22.0 Å². The summed E-state index contributed by atoms with van der Waals surface area (Å²) in [6, 6.07) is 11.8. The zero-order chi connectivity index (χ0) is 20.4. The van der Waals surface area contributed by atoms with Gasteiger partial charge in [0.1, 0.15) is 29.6 Å². The third kappa shape index (κ3) is 4.27. The van der Waals surface area contributed by atoms with Gasteiger partial charge in [-0.05, 0) is 48.7 Å². The van der Waals surface area contributed by atoms with Crippen LogP contribution in [0.1, 0.15) is 35.6 Å². The minimum atomic E-state index is -2.93. The van der Waals surface area contributed by atoms with Crippen LogP contribution >= 0.6 is 11.6 Å². The van der Waals surface area contributed by atoms with Crippen molar-refractivity contribution >= 4 is 17.7 Å². The lowest BCUT2D eigenvalue weighted by atomic mass is 10.0. The van der Waals surface area contributed by atoms with Gasteiger partial charge in [0.05, 0.1) is 10.6 Å². The molecule has 0 unspecified atom stereocenters. The summed E-state index contributed by atoms with van der Waals surface area (Å²) in [5, 5.41) is 4.68. The first kappa shape index (κ1) is 19.5. The molecule has 1 saturated carbocycles. The van der Waals surface area contributed by atoms with Gasteiger partial charge in [0.15, 0.2) is 0 Å². The molecule has 1 aliphatic rings. The van der Waals surface area contributed by atoms with Crippen molar-refractivity contribution in [1.29, 1.82) is 0 Å². The Morgan fingerprint density at radius 1 is 1.24 bits per heavy atom. The van der Waals surface area contributed by atoms with Crippen molar-refractivity contribution in [1.82, 2.24) is 5.16 Å². The molecule has 1 aliphatic carbocycles. The Bertz CT molecular complexity index is 1030. The molecule has 0 bridgehead atoms. The molecule has 1 aromatic heterocycles.